The minimum absolute atomic E-state index is 0.413. The summed E-state index contributed by atoms with van der Waals surface area (Å²) >= 11 is 0. The Labute approximate surface area is 106 Å². The van der Waals surface area contributed by atoms with Gasteiger partial charge in [-0.15, -0.1) is 0 Å². The van der Waals surface area contributed by atoms with E-state index < -0.39 is 0 Å². The number of allylic oxidation sites excluding steroid dienone is 4. The van der Waals surface area contributed by atoms with Crippen molar-refractivity contribution in [1.82, 2.24) is 0 Å². The number of hydrogen-bond donors (Lipinski definition) is 0. The van der Waals surface area contributed by atoms with Crippen LogP contribution in [-0.4, -0.2) is 0 Å². The molecule has 0 fully saturated rings. The Balaban J connectivity index is 2.00. The van der Waals surface area contributed by atoms with Crippen LogP contribution in [0.15, 0.2) is 59.9 Å². The van der Waals surface area contributed by atoms with Gasteiger partial charge in [0.15, 0.2) is 0 Å². The number of hydrogen-bond acceptors (Lipinski definition) is 1. The molecule has 0 radical (unpaired) electrons. The minimum Gasteiger partial charge on any atom is -0.461 e. The Kier molecular flexibility index (Phi) is 1.93. The van der Waals surface area contributed by atoms with Gasteiger partial charge in [0.05, 0.1) is 5.92 Å². The molecule has 0 saturated carbocycles. The van der Waals surface area contributed by atoms with Crippen molar-refractivity contribution in [2.75, 3.05) is 0 Å². The zero-order valence-electron chi connectivity index (χ0n) is 10.3. The van der Waals surface area contributed by atoms with E-state index in [-0.39, 0.29) is 0 Å². The van der Waals surface area contributed by atoms with E-state index in [0.29, 0.717) is 5.92 Å². The van der Waals surface area contributed by atoms with Crippen molar-refractivity contribution < 1.29 is 4.74 Å². The third-order valence-corrected chi connectivity index (χ3v) is 3.91. The molecule has 1 heteroatoms. The van der Waals surface area contributed by atoms with E-state index in [9.17, 15) is 0 Å². The molecule has 2 aliphatic rings. The molecule has 1 atom stereocenters. The Morgan fingerprint density at radius 1 is 1.06 bits per heavy atom. The molecule has 0 saturated heterocycles. The van der Waals surface area contributed by atoms with E-state index in [2.05, 4.69) is 55.5 Å². The Morgan fingerprint density at radius 3 is 2.89 bits per heavy atom. The van der Waals surface area contributed by atoms with Crippen LogP contribution in [-0.2, 0) is 0 Å². The van der Waals surface area contributed by atoms with Crippen molar-refractivity contribution in [3.05, 3.63) is 65.4 Å². The van der Waals surface area contributed by atoms with Gasteiger partial charge in [-0.3, -0.25) is 0 Å². The van der Waals surface area contributed by atoms with Crippen molar-refractivity contribution >= 4 is 10.8 Å². The van der Waals surface area contributed by atoms with E-state index in [4.69, 9.17) is 4.74 Å². The molecule has 88 valence electrons. The summed E-state index contributed by atoms with van der Waals surface area (Å²) in [5.74, 6) is 2.55. The summed E-state index contributed by atoms with van der Waals surface area (Å²) in [4.78, 5) is 0. The second kappa shape index (κ2) is 3.49. The fraction of sp³-hybridized carbons (Fsp3) is 0.176. The fourth-order valence-corrected chi connectivity index (χ4v) is 3.03. The number of benzene rings is 2. The van der Waals surface area contributed by atoms with E-state index >= 15 is 0 Å². The average molecular weight is 234 g/mol. The molecule has 0 spiro atoms. The smallest absolute Gasteiger partial charge is 0.131 e. The summed E-state index contributed by atoms with van der Waals surface area (Å²) in [6, 6.07) is 12.8. The molecule has 2 aromatic rings. The van der Waals surface area contributed by atoms with Crippen LogP contribution >= 0.6 is 0 Å². The molecule has 1 aliphatic carbocycles. The van der Waals surface area contributed by atoms with E-state index in [1.165, 1.54) is 21.9 Å². The molecule has 1 nitrogen and oxygen atoms in total. The normalized spacial score (nSPS) is 20.8. The van der Waals surface area contributed by atoms with Crippen LogP contribution in [0.25, 0.3) is 10.8 Å². The summed E-state index contributed by atoms with van der Waals surface area (Å²) in [5.41, 5.74) is 2.79. The first-order valence-electron chi connectivity index (χ1n) is 6.40. The van der Waals surface area contributed by atoms with Crippen LogP contribution in [0.3, 0.4) is 0 Å². The van der Waals surface area contributed by atoms with Crippen LogP contribution in [0.2, 0.25) is 0 Å². The van der Waals surface area contributed by atoms with Crippen molar-refractivity contribution in [2.24, 2.45) is 0 Å². The van der Waals surface area contributed by atoms with Gasteiger partial charge in [0.1, 0.15) is 11.5 Å². The molecule has 0 amide bonds. The van der Waals surface area contributed by atoms with Gasteiger partial charge in [-0.1, -0.05) is 42.0 Å². The first-order valence-corrected chi connectivity index (χ1v) is 6.40. The van der Waals surface area contributed by atoms with E-state index in [1.54, 1.807) is 0 Å². The standard InChI is InChI=1S/C17H14O/c1-11-6-8-15-14(10-11)17-13-5-3-2-4-12(13)7-9-16(17)18-15/h2-9,14H,10H2,1H3/t14-/m1/s1. The van der Waals surface area contributed by atoms with Crippen molar-refractivity contribution in [2.45, 2.75) is 19.3 Å². The monoisotopic (exact) mass is 234 g/mol. The molecule has 0 unspecified atom stereocenters. The first-order chi connectivity index (χ1) is 8.83. The quantitative estimate of drug-likeness (QED) is 0.649. The lowest BCUT2D eigenvalue weighted by Crippen LogP contribution is -2.03. The topological polar surface area (TPSA) is 9.23 Å². The minimum atomic E-state index is 0.413. The van der Waals surface area contributed by atoms with Crippen molar-refractivity contribution in [3.63, 3.8) is 0 Å². The zero-order chi connectivity index (χ0) is 12.1. The van der Waals surface area contributed by atoms with Gasteiger partial charge in [0, 0.05) is 5.56 Å². The molecule has 2 aromatic carbocycles. The van der Waals surface area contributed by atoms with E-state index in [1.807, 2.05) is 0 Å². The molecular weight excluding hydrogens is 220 g/mol. The Morgan fingerprint density at radius 2 is 1.94 bits per heavy atom. The lowest BCUT2D eigenvalue weighted by Gasteiger charge is -2.16. The number of fused-ring (bicyclic) bond motifs is 5. The summed E-state index contributed by atoms with van der Waals surface area (Å²) in [6.45, 7) is 2.19. The first kappa shape index (κ1) is 9.95. The van der Waals surface area contributed by atoms with E-state index in [0.717, 1.165) is 17.9 Å². The predicted octanol–water partition coefficient (Wildman–Crippen LogP) is 4.55. The predicted molar refractivity (Wildman–Crippen MR) is 73.8 cm³/mol. The highest BCUT2D eigenvalue weighted by atomic mass is 16.5. The molecule has 4 rings (SSSR count). The summed E-state index contributed by atoms with van der Waals surface area (Å²) in [7, 11) is 0. The highest BCUT2D eigenvalue weighted by Gasteiger charge is 2.32. The van der Waals surface area contributed by atoms with Gasteiger partial charge < -0.3 is 4.74 Å². The van der Waals surface area contributed by atoms with Gasteiger partial charge in [-0.25, -0.2) is 0 Å². The molecule has 0 bridgehead atoms. The molecule has 0 N–H and O–H groups in total. The van der Waals surface area contributed by atoms with Crippen LogP contribution in [0.4, 0.5) is 0 Å². The second-order valence-corrected chi connectivity index (χ2v) is 5.14. The number of rotatable bonds is 0. The summed E-state index contributed by atoms with van der Waals surface area (Å²) in [5, 5.41) is 2.63. The second-order valence-electron chi connectivity index (χ2n) is 5.14. The fourth-order valence-electron chi connectivity index (χ4n) is 3.03. The van der Waals surface area contributed by atoms with Gasteiger partial charge in [0.25, 0.3) is 0 Å². The third-order valence-electron chi connectivity index (χ3n) is 3.91. The molecule has 1 heterocycles. The summed E-state index contributed by atoms with van der Waals surface area (Å²) in [6.07, 6.45) is 5.37. The number of ether oxygens (including phenoxy) is 1. The molecule has 0 aromatic heterocycles. The highest BCUT2D eigenvalue weighted by molar-refractivity contribution is 5.89. The van der Waals surface area contributed by atoms with Crippen LogP contribution in [0, 0.1) is 0 Å². The third kappa shape index (κ3) is 1.28. The van der Waals surface area contributed by atoms with Crippen LogP contribution < -0.4 is 4.74 Å². The maximum absolute atomic E-state index is 5.98. The molecule has 18 heavy (non-hydrogen) atoms. The van der Waals surface area contributed by atoms with Crippen molar-refractivity contribution in [3.8, 4) is 5.75 Å². The Hall–Kier alpha value is -2.02. The largest absolute Gasteiger partial charge is 0.461 e. The van der Waals surface area contributed by atoms with Crippen molar-refractivity contribution in [1.29, 1.82) is 0 Å². The van der Waals surface area contributed by atoms with Gasteiger partial charge in [-0.05, 0) is 36.3 Å². The van der Waals surface area contributed by atoms with Gasteiger partial charge in [-0.2, -0.15) is 0 Å². The average Bonchev–Trinajstić information content (AvgIpc) is 2.77. The maximum atomic E-state index is 5.98. The lowest BCUT2D eigenvalue weighted by molar-refractivity contribution is 0.423. The van der Waals surface area contributed by atoms with Gasteiger partial charge >= 0.3 is 0 Å². The summed E-state index contributed by atoms with van der Waals surface area (Å²) < 4.78 is 5.98. The maximum Gasteiger partial charge on any atom is 0.131 e. The molecular formula is C17H14O. The van der Waals surface area contributed by atoms with Crippen LogP contribution in [0.1, 0.15) is 24.8 Å². The zero-order valence-corrected chi connectivity index (χ0v) is 10.3. The van der Waals surface area contributed by atoms with Gasteiger partial charge in [0.2, 0.25) is 0 Å². The Bertz CT molecular complexity index is 707. The highest BCUT2D eigenvalue weighted by Crippen LogP contribution is 2.48. The van der Waals surface area contributed by atoms with Crippen LogP contribution in [0.5, 0.6) is 5.75 Å². The SMILES string of the molecule is CC1=CC=C2Oc3ccc4ccccc4c3[C@@H]2C1. The lowest BCUT2D eigenvalue weighted by atomic mass is 9.86. The molecule has 1 aliphatic heterocycles.